The van der Waals surface area contributed by atoms with Gasteiger partial charge in [0.1, 0.15) is 0 Å². The van der Waals surface area contributed by atoms with E-state index in [2.05, 4.69) is 13.8 Å². The number of aliphatic hydroxyl groups is 1. The standard InChI is InChI=1S/C8H18.C4H10O/c1-3-5-7-8-6-4-2;1-3-4(2)5/h3-8H2,1-2H3;4-5H,3H2,1-2H3. The van der Waals surface area contributed by atoms with Crippen molar-refractivity contribution in [2.45, 2.75) is 78.7 Å². The third-order valence-corrected chi connectivity index (χ3v) is 2.05. The van der Waals surface area contributed by atoms with Gasteiger partial charge in [-0.05, 0) is 13.3 Å². The predicted octanol–water partition coefficient (Wildman–Crippen LogP) is 4.14. The summed E-state index contributed by atoms with van der Waals surface area (Å²) in [4.78, 5) is 0. The highest BCUT2D eigenvalue weighted by molar-refractivity contribution is 4.39. The van der Waals surface area contributed by atoms with E-state index in [1.54, 1.807) is 6.92 Å². The lowest BCUT2D eigenvalue weighted by molar-refractivity contribution is 0.191. The van der Waals surface area contributed by atoms with Crippen molar-refractivity contribution in [3.8, 4) is 0 Å². The molecule has 0 bridgehead atoms. The van der Waals surface area contributed by atoms with Crippen molar-refractivity contribution in [2.24, 2.45) is 0 Å². The van der Waals surface area contributed by atoms with Crippen LogP contribution in [0.1, 0.15) is 72.6 Å². The Morgan fingerprint density at radius 3 is 1.31 bits per heavy atom. The summed E-state index contributed by atoms with van der Waals surface area (Å²) in [5.74, 6) is 0. The predicted molar refractivity (Wildman–Crippen MR) is 61.0 cm³/mol. The molecule has 82 valence electrons. The van der Waals surface area contributed by atoms with Crippen molar-refractivity contribution in [1.29, 1.82) is 0 Å². The number of aliphatic hydroxyl groups excluding tert-OH is 1. The smallest absolute Gasteiger partial charge is 0.0509 e. The monoisotopic (exact) mass is 188 g/mol. The van der Waals surface area contributed by atoms with Crippen LogP contribution < -0.4 is 0 Å². The lowest BCUT2D eigenvalue weighted by Crippen LogP contribution is -1.93. The fourth-order valence-electron chi connectivity index (χ4n) is 0.854. The maximum atomic E-state index is 8.36. The summed E-state index contributed by atoms with van der Waals surface area (Å²) in [6, 6.07) is 0. The molecule has 1 nitrogen and oxygen atoms in total. The average molecular weight is 188 g/mol. The third-order valence-electron chi connectivity index (χ3n) is 2.05. The molecule has 0 aromatic carbocycles. The van der Waals surface area contributed by atoms with E-state index in [4.69, 9.17) is 5.11 Å². The fourth-order valence-corrected chi connectivity index (χ4v) is 0.854. The van der Waals surface area contributed by atoms with Crippen molar-refractivity contribution < 1.29 is 5.11 Å². The second-order valence-electron chi connectivity index (χ2n) is 3.67. The second kappa shape index (κ2) is 14.5. The Kier molecular flexibility index (Phi) is 17.2. The number of hydrogen-bond donors (Lipinski definition) is 1. The van der Waals surface area contributed by atoms with E-state index in [1.165, 1.54) is 38.5 Å². The van der Waals surface area contributed by atoms with Gasteiger partial charge in [-0.25, -0.2) is 0 Å². The lowest BCUT2D eigenvalue weighted by atomic mass is 10.1. The van der Waals surface area contributed by atoms with Crippen LogP contribution in [0.5, 0.6) is 0 Å². The first-order valence-corrected chi connectivity index (χ1v) is 5.87. The van der Waals surface area contributed by atoms with Gasteiger partial charge >= 0.3 is 0 Å². The van der Waals surface area contributed by atoms with E-state index in [0.29, 0.717) is 0 Å². The van der Waals surface area contributed by atoms with Gasteiger partial charge in [-0.15, -0.1) is 0 Å². The molecule has 0 fully saturated rings. The Labute approximate surface area is 84.6 Å². The van der Waals surface area contributed by atoms with Crippen molar-refractivity contribution in [2.75, 3.05) is 0 Å². The van der Waals surface area contributed by atoms with Gasteiger partial charge in [0.2, 0.25) is 0 Å². The van der Waals surface area contributed by atoms with E-state index in [9.17, 15) is 0 Å². The molecule has 0 aliphatic heterocycles. The van der Waals surface area contributed by atoms with Crippen molar-refractivity contribution in [3.63, 3.8) is 0 Å². The summed E-state index contributed by atoms with van der Waals surface area (Å²) in [6.45, 7) is 8.24. The van der Waals surface area contributed by atoms with Crippen molar-refractivity contribution >= 4 is 0 Å². The van der Waals surface area contributed by atoms with E-state index >= 15 is 0 Å². The van der Waals surface area contributed by atoms with Crippen LogP contribution in [0.4, 0.5) is 0 Å². The molecule has 0 spiro atoms. The minimum atomic E-state index is -0.116. The van der Waals surface area contributed by atoms with Crippen LogP contribution in [0.3, 0.4) is 0 Å². The molecule has 0 radical (unpaired) electrons. The molecule has 0 aromatic heterocycles. The lowest BCUT2D eigenvalue weighted by Gasteiger charge is -1.93. The minimum Gasteiger partial charge on any atom is -0.393 e. The molecular weight excluding hydrogens is 160 g/mol. The minimum absolute atomic E-state index is 0.116. The Bertz CT molecular complexity index is 63.5. The zero-order chi connectivity index (χ0) is 10.5. The van der Waals surface area contributed by atoms with Gasteiger partial charge < -0.3 is 5.11 Å². The molecule has 0 amide bonds. The Hall–Kier alpha value is -0.0400. The highest BCUT2D eigenvalue weighted by Gasteiger charge is 1.83. The van der Waals surface area contributed by atoms with E-state index in [0.717, 1.165) is 6.42 Å². The van der Waals surface area contributed by atoms with E-state index in [1.807, 2.05) is 6.92 Å². The average Bonchev–Trinajstić information content (AvgIpc) is 2.14. The highest BCUT2D eigenvalue weighted by atomic mass is 16.3. The van der Waals surface area contributed by atoms with Crippen molar-refractivity contribution in [1.82, 2.24) is 0 Å². The first-order chi connectivity index (χ1) is 6.18. The maximum absolute atomic E-state index is 8.36. The van der Waals surface area contributed by atoms with Gasteiger partial charge in [0.25, 0.3) is 0 Å². The molecule has 0 heterocycles. The van der Waals surface area contributed by atoms with Crippen LogP contribution in [-0.4, -0.2) is 11.2 Å². The van der Waals surface area contributed by atoms with Crippen LogP contribution in [0.2, 0.25) is 0 Å². The summed E-state index contributed by atoms with van der Waals surface area (Å²) in [5.41, 5.74) is 0. The first kappa shape index (κ1) is 15.4. The second-order valence-corrected chi connectivity index (χ2v) is 3.67. The van der Waals surface area contributed by atoms with Crippen LogP contribution in [0, 0.1) is 0 Å². The summed E-state index contributed by atoms with van der Waals surface area (Å²) in [7, 11) is 0. The maximum Gasteiger partial charge on any atom is 0.0509 e. The molecule has 0 aromatic rings. The van der Waals surface area contributed by atoms with Gasteiger partial charge in [-0.2, -0.15) is 0 Å². The van der Waals surface area contributed by atoms with Gasteiger partial charge in [0.15, 0.2) is 0 Å². The zero-order valence-electron chi connectivity index (χ0n) is 9.97. The SMILES string of the molecule is CCC(C)O.CCCCCCCC. The highest BCUT2D eigenvalue weighted by Crippen LogP contribution is 2.03. The molecule has 1 N–H and O–H groups in total. The van der Waals surface area contributed by atoms with Crippen LogP contribution >= 0.6 is 0 Å². The largest absolute Gasteiger partial charge is 0.393 e. The first-order valence-electron chi connectivity index (χ1n) is 5.87. The molecular formula is C12H28O. The molecule has 1 heteroatoms. The molecule has 1 atom stereocenters. The van der Waals surface area contributed by atoms with Crippen molar-refractivity contribution in [3.05, 3.63) is 0 Å². The number of rotatable bonds is 6. The summed E-state index contributed by atoms with van der Waals surface area (Å²) in [6.07, 6.45) is 9.23. The number of unbranched alkanes of at least 4 members (excludes halogenated alkanes) is 5. The third kappa shape index (κ3) is 24.5. The summed E-state index contributed by atoms with van der Waals surface area (Å²) < 4.78 is 0. The van der Waals surface area contributed by atoms with Gasteiger partial charge in [0, 0.05) is 0 Å². The Morgan fingerprint density at radius 2 is 1.15 bits per heavy atom. The summed E-state index contributed by atoms with van der Waals surface area (Å²) in [5, 5.41) is 8.36. The zero-order valence-corrected chi connectivity index (χ0v) is 9.97. The van der Waals surface area contributed by atoms with E-state index in [-0.39, 0.29) is 6.10 Å². The van der Waals surface area contributed by atoms with E-state index < -0.39 is 0 Å². The van der Waals surface area contributed by atoms with Gasteiger partial charge in [0.05, 0.1) is 6.10 Å². The summed E-state index contributed by atoms with van der Waals surface area (Å²) >= 11 is 0. The van der Waals surface area contributed by atoms with Crippen LogP contribution in [0.25, 0.3) is 0 Å². The molecule has 0 saturated heterocycles. The topological polar surface area (TPSA) is 20.2 Å². The molecule has 0 aliphatic rings. The van der Waals surface area contributed by atoms with Gasteiger partial charge in [-0.3, -0.25) is 0 Å². The number of hydrogen-bond acceptors (Lipinski definition) is 1. The van der Waals surface area contributed by atoms with Crippen LogP contribution in [0.15, 0.2) is 0 Å². The van der Waals surface area contributed by atoms with Crippen LogP contribution in [-0.2, 0) is 0 Å². The van der Waals surface area contributed by atoms with Gasteiger partial charge in [-0.1, -0.05) is 59.3 Å². The fraction of sp³-hybridized carbons (Fsp3) is 1.00. The molecule has 1 unspecified atom stereocenters. The molecule has 0 aliphatic carbocycles. The normalized spacial score (nSPS) is 11.8. The Morgan fingerprint density at radius 1 is 0.846 bits per heavy atom. The Balaban J connectivity index is 0. The quantitative estimate of drug-likeness (QED) is 0.621. The molecule has 0 saturated carbocycles. The molecule has 13 heavy (non-hydrogen) atoms. The molecule has 0 rings (SSSR count).